The molecule has 22 heavy (non-hydrogen) atoms. The van der Waals surface area contributed by atoms with E-state index < -0.39 is 0 Å². The number of hydrogen-bond donors (Lipinski definition) is 2. The van der Waals surface area contributed by atoms with Gasteiger partial charge in [-0.1, -0.05) is 0 Å². The lowest BCUT2D eigenvalue weighted by molar-refractivity contribution is -0.116. The van der Waals surface area contributed by atoms with Crippen molar-refractivity contribution in [3.8, 4) is 0 Å². The van der Waals surface area contributed by atoms with E-state index in [2.05, 4.69) is 10.6 Å². The highest BCUT2D eigenvalue weighted by Gasteiger charge is 2.24. The van der Waals surface area contributed by atoms with E-state index in [0.717, 1.165) is 42.7 Å². The van der Waals surface area contributed by atoms with Crippen molar-refractivity contribution in [2.24, 2.45) is 0 Å². The number of nitrogens with one attached hydrogen (secondary N) is 2. The highest BCUT2D eigenvalue weighted by molar-refractivity contribution is 5.98. The highest BCUT2D eigenvalue weighted by atomic mass is 35.5. The second-order valence-electron chi connectivity index (χ2n) is 5.78. The van der Waals surface area contributed by atoms with Crippen molar-refractivity contribution in [1.29, 1.82) is 0 Å². The van der Waals surface area contributed by atoms with Gasteiger partial charge in [-0.2, -0.15) is 0 Å². The van der Waals surface area contributed by atoms with Crippen molar-refractivity contribution in [3.05, 3.63) is 29.3 Å². The largest absolute Gasteiger partial charge is 0.339 e. The van der Waals surface area contributed by atoms with Gasteiger partial charge in [0.1, 0.15) is 0 Å². The number of carbonyl (C=O) groups is 2. The third-order valence-electron chi connectivity index (χ3n) is 4.44. The van der Waals surface area contributed by atoms with Gasteiger partial charge in [-0.25, -0.2) is 0 Å². The summed E-state index contributed by atoms with van der Waals surface area (Å²) in [7, 11) is 1.97. The number of rotatable bonds is 2. The van der Waals surface area contributed by atoms with Crippen LogP contribution >= 0.6 is 12.4 Å². The van der Waals surface area contributed by atoms with Crippen LogP contribution in [0.3, 0.4) is 0 Å². The minimum absolute atomic E-state index is 0. The third kappa shape index (κ3) is 3.42. The van der Waals surface area contributed by atoms with Gasteiger partial charge in [0.25, 0.3) is 5.91 Å². The first kappa shape index (κ1) is 16.8. The number of aryl methyl sites for hydroxylation is 1. The summed E-state index contributed by atoms with van der Waals surface area (Å²) >= 11 is 0. The van der Waals surface area contributed by atoms with Crippen molar-refractivity contribution in [2.75, 3.05) is 25.5 Å². The summed E-state index contributed by atoms with van der Waals surface area (Å²) in [6.45, 7) is 1.61. The fourth-order valence-corrected chi connectivity index (χ4v) is 3.07. The van der Waals surface area contributed by atoms with Gasteiger partial charge >= 0.3 is 0 Å². The molecule has 0 radical (unpaired) electrons. The molecule has 2 N–H and O–H groups in total. The normalized spacial score (nSPS) is 18.2. The number of likely N-dealkylation sites (tertiary alicyclic amines) is 1. The first-order chi connectivity index (χ1) is 10.2. The molecule has 2 aliphatic heterocycles. The molecule has 1 fully saturated rings. The van der Waals surface area contributed by atoms with E-state index in [-0.39, 0.29) is 24.2 Å². The predicted molar refractivity (Wildman–Crippen MR) is 88.6 cm³/mol. The summed E-state index contributed by atoms with van der Waals surface area (Å²) in [4.78, 5) is 25.8. The van der Waals surface area contributed by atoms with E-state index in [9.17, 15) is 9.59 Å². The summed E-state index contributed by atoms with van der Waals surface area (Å²) < 4.78 is 0. The van der Waals surface area contributed by atoms with Crippen molar-refractivity contribution >= 4 is 29.9 Å². The van der Waals surface area contributed by atoms with Gasteiger partial charge in [-0.15, -0.1) is 12.4 Å². The molecule has 1 aromatic rings. The molecule has 0 aromatic heterocycles. The molecule has 1 saturated heterocycles. The van der Waals surface area contributed by atoms with Crippen LogP contribution in [0, 0.1) is 0 Å². The molecule has 1 aromatic carbocycles. The first-order valence-corrected chi connectivity index (χ1v) is 7.56. The van der Waals surface area contributed by atoms with Crippen LogP contribution in [-0.2, 0) is 11.2 Å². The number of carbonyl (C=O) groups excluding carboxylic acids is 2. The lowest BCUT2D eigenvalue weighted by Crippen LogP contribution is -2.44. The van der Waals surface area contributed by atoms with Crippen LogP contribution in [0.25, 0.3) is 0 Å². The zero-order chi connectivity index (χ0) is 14.8. The number of amides is 2. The van der Waals surface area contributed by atoms with Gasteiger partial charge in [0, 0.05) is 36.8 Å². The maximum atomic E-state index is 12.6. The molecular weight excluding hydrogens is 302 g/mol. The number of anilines is 1. The van der Waals surface area contributed by atoms with Crippen molar-refractivity contribution in [2.45, 2.75) is 31.7 Å². The lowest BCUT2D eigenvalue weighted by atomic mass is 9.99. The van der Waals surface area contributed by atoms with Gasteiger partial charge < -0.3 is 15.5 Å². The van der Waals surface area contributed by atoms with E-state index in [4.69, 9.17) is 0 Å². The lowest BCUT2D eigenvalue weighted by Gasteiger charge is -2.32. The molecular formula is C16H22ClN3O2. The maximum absolute atomic E-state index is 12.6. The van der Waals surface area contributed by atoms with E-state index in [1.54, 1.807) is 0 Å². The third-order valence-corrected chi connectivity index (χ3v) is 4.44. The molecule has 0 spiro atoms. The number of nitrogens with zero attached hydrogens (tertiary/aromatic N) is 1. The molecule has 0 unspecified atom stereocenters. The molecule has 120 valence electrons. The predicted octanol–water partition coefficient (Wildman–Crippen LogP) is 1.82. The number of fused-ring (bicyclic) bond motifs is 1. The second-order valence-corrected chi connectivity index (χ2v) is 5.78. The van der Waals surface area contributed by atoms with Gasteiger partial charge in [0.2, 0.25) is 5.91 Å². The highest BCUT2D eigenvalue weighted by Crippen LogP contribution is 2.24. The average molecular weight is 324 g/mol. The number of benzene rings is 1. The fraction of sp³-hybridized carbons (Fsp3) is 0.500. The van der Waals surface area contributed by atoms with Crippen molar-refractivity contribution < 1.29 is 9.59 Å². The Morgan fingerprint density at radius 2 is 2.00 bits per heavy atom. The molecule has 0 atom stereocenters. The van der Waals surface area contributed by atoms with Crippen LogP contribution in [0.2, 0.25) is 0 Å². The van der Waals surface area contributed by atoms with Crippen LogP contribution in [0.5, 0.6) is 0 Å². The second kappa shape index (κ2) is 7.11. The smallest absolute Gasteiger partial charge is 0.253 e. The molecule has 0 aliphatic carbocycles. The Hall–Kier alpha value is -1.59. The minimum atomic E-state index is 0. The fourth-order valence-electron chi connectivity index (χ4n) is 3.07. The van der Waals surface area contributed by atoms with Crippen molar-refractivity contribution in [3.63, 3.8) is 0 Å². The first-order valence-electron chi connectivity index (χ1n) is 7.56. The summed E-state index contributed by atoms with van der Waals surface area (Å²) in [5.74, 6) is 0.153. The van der Waals surface area contributed by atoms with Crippen LogP contribution in [0.1, 0.15) is 35.2 Å². The van der Waals surface area contributed by atoms with E-state index >= 15 is 0 Å². The topological polar surface area (TPSA) is 61.4 Å². The Bertz CT molecular complexity index is 569. The molecule has 2 aliphatic rings. The molecule has 2 amide bonds. The zero-order valence-electron chi connectivity index (χ0n) is 12.7. The van der Waals surface area contributed by atoms with E-state index in [1.165, 1.54) is 0 Å². The SMILES string of the molecule is CNC1CCN(C(=O)c2ccc3c(c2)CCC(=O)N3)CC1.Cl. The summed E-state index contributed by atoms with van der Waals surface area (Å²) in [5.41, 5.74) is 2.63. The van der Waals surface area contributed by atoms with Gasteiger partial charge in [-0.05, 0) is 50.1 Å². The zero-order valence-corrected chi connectivity index (χ0v) is 13.5. The monoisotopic (exact) mass is 323 g/mol. The maximum Gasteiger partial charge on any atom is 0.253 e. The summed E-state index contributed by atoms with van der Waals surface area (Å²) in [6.07, 6.45) is 3.22. The average Bonchev–Trinajstić information content (AvgIpc) is 2.53. The van der Waals surface area contributed by atoms with E-state index in [1.807, 2.05) is 30.1 Å². The molecule has 3 rings (SSSR count). The Kier molecular flexibility index (Phi) is 5.42. The number of piperidine rings is 1. The van der Waals surface area contributed by atoms with Gasteiger partial charge in [0.05, 0.1) is 0 Å². The summed E-state index contributed by atoms with van der Waals surface area (Å²) in [5, 5.41) is 6.12. The minimum Gasteiger partial charge on any atom is -0.339 e. The standard InChI is InChI=1S/C16H21N3O2.ClH/c1-17-13-6-8-19(9-7-13)16(21)12-2-4-14-11(10-12)3-5-15(20)18-14;/h2,4,10,13,17H,3,5-9H2,1H3,(H,18,20);1H. The molecule has 0 bridgehead atoms. The summed E-state index contributed by atoms with van der Waals surface area (Å²) in [6, 6.07) is 6.12. The number of hydrogen-bond acceptors (Lipinski definition) is 3. The van der Waals surface area contributed by atoms with Crippen LogP contribution < -0.4 is 10.6 Å². The molecule has 0 saturated carbocycles. The molecule has 2 heterocycles. The Labute approximate surface area is 136 Å². The quantitative estimate of drug-likeness (QED) is 0.872. The Morgan fingerprint density at radius 3 is 2.68 bits per heavy atom. The van der Waals surface area contributed by atoms with E-state index in [0.29, 0.717) is 18.9 Å². The van der Waals surface area contributed by atoms with Gasteiger partial charge in [0.15, 0.2) is 0 Å². The van der Waals surface area contributed by atoms with Crippen LogP contribution in [0.4, 0.5) is 5.69 Å². The number of halogens is 1. The molecule has 6 heteroatoms. The Morgan fingerprint density at radius 1 is 1.27 bits per heavy atom. The van der Waals surface area contributed by atoms with Gasteiger partial charge in [-0.3, -0.25) is 9.59 Å². The van der Waals surface area contributed by atoms with Crippen LogP contribution in [0.15, 0.2) is 18.2 Å². The van der Waals surface area contributed by atoms with Crippen molar-refractivity contribution in [1.82, 2.24) is 10.2 Å². The Balaban J connectivity index is 0.00000176. The molecule has 5 nitrogen and oxygen atoms in total. The van der Waals surface area contributed by atoms with Crippen LogP contribution in [-0.4, -0.2) is 42.9 Å².